The van der Waals surface area contributed by atoms with E-state index in [0.29, 0.717) is 6.42 Å². The summed E-state index contributed by atoms with van der Waals surface area (Å²) in [7, 11) is 3.39. The molecule has 2 aromatic rings. The highest BCUT2D eigenvalue weighted by Gasteiger charge is 2.46. The lowest BCUT2D eigenvalue weighted by Crippen LogP contribution is -2.37. The van der Waals surface area contributed by atoms with Gasteiger partial charge in [0.05, 0.1) is 18.6 Å². The van der Waals surface area contributed by atoms with Crippen LogP contribution in [0.1, 0.15) is 30.6 Å². The van der Waals surface area contributed by atoms with Crippen molar-refractivity contribution in [3.05, 3.63) is 59.7 Å². The molecule has 0 aliphatic carbocycles. The fraction of sp³-hybridized carbons (Fsp3) is 0.316. The zero-order valence-electron chi connectivity index (χ0n) is 13.6. The van der Waals surface area contributed by atoms with Crippen molar-refractivity contribution in [2.75, 3.05) is 19.1 Å². The molecule has 0 saturated carbocycles. The average Bonchev–Trinajstić information content (AvgIpc) is 2.77. The number of ether oxygens (including phenoxy) is 1. The van der Waals surface area contributed by atoms with Crippen molar-refractivity contribution in [1.29, 1.82) is 0 Å². The van der Waals surface area contributed by atoms with Gasteiger partial charge in [-0.05, 0) is 42.7 Å². The molecular weight excluding hydrogens is 290 g/mol. The summed E-state index contributed by atoms with van der Waals surface area (Å²) in [5.74, 6) is 0.764. The first kappa shape index (κ1) is 15.6. The van der Waals surface area contributed by atoms with Gasteiger partial charge in [-0.1, -0.05) is 30.3 Å². The summed E-state index contributed by atoms with van der Waals surface area (Å²) < 4.78 is 5.14. The summed E-state index contributed by atoms with van der Waals surface area (Å²) in [5, 5.41) is 10.6. The van der Waals surface area contributed by atoms with Gasteiger partial charge in [-0.3, -0.25) is 4.79 Å². The molecule has 1 aliphatic rings. The number of aliphatic hydroxyl groups excluding tert-OH is 1. The lowest BCUT2D eigenvalue weighted by molar-refractivity contribution is -0.123. The molecule has 23 heavy (non-hydrogen) atoms. The van der Waals surface area contributed by atoms with Crippen LogP contribution >= 0.6 is 0 Å². The van der Waals surface area contributed by atoms with E-state index in [1.54, 1.807) is 19.1 Å². The highest BCUT2D eigenvalue weighted by molar-refractivity contribution is 6.07. The Bertz CT molecular complexity index is 726. The molecule has 0 spiro atoms. The van der Waals surface area contributed by atoms with Gasteiger partial charge in [0.25, 0.3) is 0 Å². The number of hydrogen-bond acceptors (Lipinski definition) is 3. The number of benzene rings is 2. The highest BCUT2D eigenvalue weighted by atomic mass is 16.5. The molecule has 0 aromatic heterocycles. The fourth-order valence-electron chi connectivity index (χ4n) is 3.36. The van der Waals surface area contributed by atoms with Crippen LogP contribution in [-0.2, 0) is 10.2 Å². The van der Waals surface area contributed by atoms with Crippen LogP contribution in [0, 0.1) is 0 Å². The summed E-state index contributed by atoms with van der Waals surface area (Å²) in [6.07, 6.45) is -0.367. The van der Waals surface area contributed by atoms with Gasteiger partial charge in [-0.25, -0.2) is 0 Å². The maximum Gasteiger partial charge on any atom is 0.237 e. The topological polar surface area (TPSA) is 49.8 Å². The molecule has 0 fully saturated rings. The van der Waals surface area contributed by atoms with E-state index >= 15 is 0 Å². The quantitative estimate of drug-likeness (QED) is 0.944. The summed E-state index contributed by atoms with van der Waals surface area (Å²) in [4.78, 5) is 14.4. The predicted molar refractivity (Wildman–Crippen MR) is 89.8 cm³/mol. The van der Waals surface area contributed by atoms with E-state index in [2.05, 4.69) is 0 Å². The zero-order valence-corrected chi connectivity index (χ0v) is 13.6. The van der Waals surface area contributed by atoms with Crippen LogP contribution in [-0.4, -0.2) is 25.2 Å². The minimum atomic E-state index is -0.718. The highest BCUT2D eigenvalue weighted by Crippen LogP contribution is 2.45. The molecule has 4 nitrogen and oxygen atoms in total. The number of amides is 1. The van der Waals surface area contributed by atoms with Crippen LogP contribution in [0.25, 0.3) is 0 Å². The molecule has 4 heteroatoms. The molecule has 1 aliphatic heterocycles. The standard InChI is InChI=1S/C19H21NO3/c1-19(12-17(21)13-8-10-14(23-3)11-9-13)15-6-4-5-7-16(15)20(2)18(19)22/h4-11,17,21H,12H2,1-3H3. The van der Waals surface area contributed by atoms with E-state index in [0.717, 1.165) is 22.6 Å². The van der Waals surface area contributed by atoms with Gasteiger partial charge in [-0.2, -0.15) is 0 Å². The first-order valence-corrected chi connectivity index (χ1v) is 7.67. The minimum absolute atomic E-state index is 0.0197. The SMILES string of the molecule is COc1ccc(C(O)CC2(C)C(=O)N(C)c3ccccc32)cc1. The minimum Gasteiger partial charge on any atom is -0.497 e. The van der Waals surface area contributed by atoms with Crippen LogP contribution < -0.4 is 9.64 Å². The number of aliphatic hydroxyl groups is 1. The van der Waals surface area contributed by atoms with Gasteiger partial charge in [0.15, 0.2) is 0 Å². The fourth-order valence-corrected chi connectivity index (χ4v) is 3.36. The van der Waals surface area contributed by atoms with Crippen molar-refractivity contribution in [3.63, 3.8) is 0 Å². The predicted octanol–water partition coefficient (Wildman–Crippen LogP) is 3.05. The molecule has 1 N–H and O–H groups in total. The Hall–Kier alpha value is -2.33. The van der Waals surface area contributed by atoms with Crippen molar-refractivity contribution in [2.45, 2.75) is 24.9 Å². The van der Waals surface area contributed by atoms with Crippen molar-refractivity contribution in [2.24, 2.45) is 0 Å². The maximum absolute atomic E-state index is 12.7. The molecule has 120 valence electrons. The number of nitrogens with zero attached hydrogens (tertiary/aromatic N) is 1. The van der Waals surface area contributed by atoms with E-state index in [-0.39, 0.29) is 5.91 Å². The Morgan fingerprint density at radius 3 is 2.48 bits per heavy atom. The molecular formula is C19H21NO3. The molecule has 2 atom stereocenters. The number of carbonyl (C=O) groups is 1. The number of fused-ring (bicyclic) bond motifs is 1. The Kier molecular flexibility index (Phi) is 3.86. The number of rotatable bonds is 4. The number of methoxy groups -OCH3 is 1. The molecule has 2 unspecified atom stereocenters. The monoisotopic (exact) mass is 311 g/mol. The van der Waals surface area contributed by atoms with Gasteiger partial charge < -0.3 is 14.7 Å². The van der Waals surface area contributed by atoms with E-state index in [4.69, 9.17) is 4.74 Å². The first-order chi connectivity index (χ1) is 11.0. The molecule has 0 saturated heterocycles. The smallest absolute Gasteiger partial charge is 0.237 e. The number of hydrogen-bond donors (Lipinski definition) is 1. The summed E-state index contributed by atoms with van der Waals surface area (Å²) >= 11 is 0. The lowest BCUT2D eigenvalue weighted by Gasteiger charge is -2.26. The summed E-state index contributed by atoms with van der Waals surface area (Å²) in [6, 6.07) is 15.1. The van der Waals surface area contributed by atoms with Crippen molar-refractivity contribution in [3.8, 4) is 5.75 Å². The molecule has 0 bridgehead atoms. The van der Waals surface area contributed by atoms with E-state index in [1.165, 1.54) is 0 Å². The molecule has 1 heterocycles. The largest absolute Gasteiger partial charge is 0.497 e. The van der Waals surface area contributed by atoms with Gasteiger partial charge in [0, 0.05) is 12.7 Å². The summed E-state index contributed by atoms with van der Waals surface area (Å²) in [6.45, 7) is 1.91. The van der Waals surface area contributed by atoms with Crippen LogP contribution in [0.3, 0.4) is 0 Å². The number of anilines is 1. The van der Waals surface area contributed by atoms with Gasteiger partial charge in [0.1, 0.15) is 5.75 Å². The summed E-state index contributed by atoms with van der Waals surface area (Å²) in [5.41, 5.74) is 1.96. The lowest BCUT2D eigenvalue weighted by atomic mass is 9.77. The van der Waals surface area contributed by atoms with Crippen LogP contribution in [0.2, 0.25) is 0 Å². The van der Waals surface area contributed by atoms with Crippen molar-refractivity contribution < 1.29 is 14.6 Å². The van der Waals surface area contributed by atoms with E-state index in [1.807, 2.05) is 55.5 Å². The van der Waals surface area contributed by atoms with E-state index in [9.17, 15) is 9.90 Å². The average molecular weight is 311 g/mol. The second kappa shape index (κ2) is 5.70. The maximum atomic E-state index is 12.7. The van der Waals surface area contributed by atoms with Crippen molar-refractivity contribution >= 4 is 11.6 Å². The third kappa shape index (κ3) is 2.49. The number of carbonyl (C=O) groups excluding carboxylic acids is 1. The van der Waals surface area contributed by atoms with Gasteiger partial charge >= 0.3 is 0 Å². The normalized spacial score (nSPS) is 21.2. The van der Waals surface area contributed by atoms with Crippen LogP contribution in [0.5, 0.6) is 5.75 Å². The van der Waals surface area contributed by atoms with Gasteiger partial charge in [0.2, 0.25) is 5.91 Å². The third-order valence-electron chi connectivity index (χ3n) is 4.74. The second-order valence-corrected chi connectivity index (χ2v) is 6.21. The second-order valence-electron chi connectivity index (χ2n) is 6.21. The molecule has 0 radical (unpaired) electrons. The third-order valence-corrected chi connectivity index (χ3v) is 4.74. The van der Waals surface area contributed by atoms with Crippen LogP contribution in [0.4, 0.5) is 5.69 Å². The van der Waals surface area contributed by atoms with Gasteiger partial charge in [-0.15, -0.1) is 0 Å². The Morgan fingerprint density at radius 1 is 1.17 bits per heavy atom. The van der Waals surface area contributed by atoms with E-state index < -0.39 is 11.5 Å². The Labute approximate surface area is 136 Å². The number of likely N-dealkylation sites (N-methyl/N-ethyl adjacent to an activating group) is 1. The molecule has 3 rings (SSSR count). The zero-order chi connectivity index (χ0) is 16.6. The van der Waals surface area contributed by atoms with Crippen LogP contribution in [0.15, 0.2) is 48.5 Å². The Balaban J connectivity index is 1.90. The first-order valence-electron chi connectivity index (χ1n) is 7.67. The molecule has 1 amide bonds. The number of para-hydroxylation sites is 1. The Morgan fingerprint density at radius 2 is 1.83 bits per heavy atom. The van der Waals surface area contributed by atoms with Crippen molar-refractivity contribution in [1.82, 2.24) is 0 Å². The molecule has 2 aromatic carbocycles.